The fourth-order valence-electron chi connectivity index (χ4n) is 3.55. The topological polar surface area (TPSA) is 12.0 Å². The van der Waals surface area contributed by atoms with E-state index in [2.05, 4.69) is 45.9 Å². The van der Waals surface area contributed by atoms with Crippen molar-refractivity contribution >= 4 is 0 Å². The van der Waals surface area contributed by atoms with E-state index in [9.17, 15) is 0 Å². The highest BCUT2D eigenvalue weighted by Crippen LogP contribution is 2.60. The van der Waals surface area contributed by atoms with E-state index in [4.69, 9.17) is 6.42 Å². The van der Waals surface area contributed by atoms with E-state index in [-0.39, 0.29) is 11.0 Å². The molecule has 1 nitrogen and oxygen atoms in total. The molecule has 0 amide bonds. The number of hydrogen-bond donors (Lipinski definition) is 1. The van der Waals surface area contributed by atoms with E-state index in [1.807, 2.05) is 0 Å². The highest BCUT2D eigenvalue weighted by Gasteiger charge is 2.65. The van der Waals surface area contributed by atoms with E-state index in [0.29, 0.717) is 17.4 Å². The maximum atomic E-state index is 5.67. The van der Waals surface area contributed by atoms with Crippen LogP contribution in [0.5, 0.6) is 0 Å². The zero-order valence-corrected chi connectivity index (χ0v) is 9.94. The molecule has 1 heteroatoms. The number of nitrogens with one attached hydrogen (secondary N) is 1. The van der Waals surface area contributed by atoms with E-state index in [1.54, 1.807) is 0 Å². The first kappa shape index (κ1) is 10.1. The Labute approximate surface area is 87.7 Å². The molecule has 1 N–H and O–H groups in total. The van der Waals surface area contributed by atoms with Gasteiger partial charge in [-0.2, -0.15) is 0 Å². The third kappa shape index (κ3) is 0.859. The first-order valence-electron chi connectivity index (χ1n) is 5.52. The molecule has 0 aromatic heterocycles. The second-order valence-electron chi connectivity index (χ2n) is 6.20. The molecule has 4 atom stereocenters. The molecule has 2 saturated heterocycles. The predicted octanol–water partition coefficient (Wildman–Crippen LogP) is 2.42. The minimum atomic E-state index is 0.0592. The molecule has 0 spiro atoms. The third-order valence-electron chi connectivity index (χ3n) is 5.27. The maximum absolute atomic E-state index is 5.67. The molecule has 78 valence electrons. The second kappa shape index (κ2) is 2.36. The third-order valence-corrected chi connectivity index (χ3v) is 5.27. The Kier molecular flexibility index (Phi) is 1.70. The average molecular weight is 191 g/mol. The molecule has 0 saturated carbocycles. The summed E-state index contributed by atoms with van der Waals surface area (Å²) in [4.78, 5) is 0. The van der Waals surface area contributed by atoms with Gasteiger partial charge in [-0.25, -0.2) is 0 Å². The molecule has 2 aliphatic heterocycles. The predicted molar refractivity (Wildman–Crippen MR) is 59.8 cm³/mol. The number of fused-ring (bicyclic) bond motifs is 2. The molecule has 0 aromatic rings. The molecule has 2 bridgehead atoms. The van der Waals surface area contributed by atoms with Crippen LogP contribution in [-0.4, -0.2) is 11.6 Å². The van der Waals surface area contributed by atoms with Crippen LogP contribution in [-0.2, 0) is 0 Å². The van der Waals surface area contributed by atoms with Crippen molar-refractivity contribution in [1.82, 2.24) is 5.32 Å². The van der Waals surface area contributed by atoms with Gasteiger partial charge in [-0.1, -0.05) is 26.7 Å². The Hall–Kier alpha value is -0.480. The van der Waals surface area contributed by atoms with Crippen LogP contribution in [0.2, 0.25) is 0 Å². The molecular formula is C13H21N. The quantitative estimate of drug-likeness (QED) is 0.580. The smallest absolute Gasteiger partial charge is 0.0457 e. The van der Waals surface area contributed by atoms with Crippen molar-refractivity contribution in [2.75, 3.05) is 0 Å². The first-order chi connectivity index (χ1) is 6.27. The lowest BCUT2D eigenvalue weighted by molar-refractivity contribution is 0.0830. The van der Waals surface area contributed by atoms with Crippen molar-refractivity contribution in [3.05, 3.63) is 0 Å². The molecule has 2 unspecified atom stereocenters. The van der Waals surface area contributed by atoms with Gasteiger partial charge in [0.05, 0.1) is 0 Å². The fraction of sp³-hybridized carbons (Fsp3) is 0.846. The summed E-state index contributed by atoms with van der Waals surface area (Å²) < 4.78 is 0. The van der Waals surface area contributed by atoms with Gasteiger partial charge in [0.15, 0.2) is 0 Å². The van der Waals surface area contributed by atoms with E-state index >= 15 is 0 Å². The van der Waals surface area contributed by atoms with Crippen LogP contribution in [0, 0.1) is 29.1 Å². The molecule has 2 aliphatic rings. The van der Waals surface area contributed by atoms with Gasteiger partial charge in [0.1, 0.15) is 0 Å². The molecule has 2 rings (SSSR count). The van der Waals surface area contributed by atoms with Crippen LogP contribution in [0.25, 0.3) is 0 Å². The Morgan fingerprint density at radius 2 is 1.86 bits per heavy atom. The largest absolute Gasteiger partial charge is 0.306 e. The highest BCUT2D eigenvalue weighted by atomic mass is 15.1. The summed E-state index contributed by atoms with van der Waals surface area (Å²) in [5.41, 5.74) is 0.635. The van der Waals surface area contributed by atoms with E-state index in [0.717, 1.165) is 6.42 Å². The Bertz CT molecular complexity index is 312. The van der Waals surface area contributed by atoms with Gasteiger partial charge in [-0.05, 0) is 31.6 Å². The first-order valence-corrected chi connectivity index (χ1v) is 5.52. The van der Waals surface area contributed by atoms with Gasteiger partial charge in [0.2, 0.25) is 0 Å². The van der Waals surface area contributed by atoms with Crippen LogP contribution in [0.3, 0.4) is 0 Å². The lowest BCUT2D eigenvalue weighted by atomic mass is 9.56. The summed E-state index contributed by atoms with van der Waals surface area (Å²) >= 11 is 0. The van der Waals surface area contributed by atoms with E-state index in [1.165, 1.54) is 0 Å². The average Bonchev–Trinajstić information content (AvgIpc) is 2.46. The zero-order chi connectivity index (χ0) is 10.8. The molecule has 0 aliphatic carbocycles. The van der Waals surface area contributed by atoms with Crippen LogP contribution >= 0.6 is 0 Å². The minimum absolute atomic E-state index is 0.0592. The van der Waals surface area contributed by atoms with E-state index < -0.39 is 0 Å². The van der Waals surface area contributed by atoms with Gasteiger partial charge >= 0.3 is 0 Å². The molecule has 0 radical (unpaired) electrons. The standard InChI is InChI=1S/C13H21N/c1-7-12(5)8-13(6)11(3,4)9(2)10(12)14-13/h1,9-10,14H,8H2,2-6H3/t9?,10-,12?,13+/m1/s1. The van der Waals surface area contributed by atoms with Gasteiger partial charge in [0, 0.05) is 17.0 Å². The van der Waals surface area contributed by atoms with Crippen molar-refractivity contribution < 1.29 is 0 Å². The highest BCUT2D eigenvalue weighted by molar-refractivity contribution is 5.28. The van der Waals surface area contributed by atoms with Crippen LogP contribution in [0.15, 0.2) is 0 Å². The summed E-state index contributed by atoms with van der Waals surface area (Å²) in [6.07, 6.45) is 6.78. The summed E-state index contributed by atoms with van der Waals surface area (Å²) in [7, 11) is 0. The van der Waals surface area contributed by atoms with Crippen molar-refractivity contribution in [3.63, 3.8) is 0 Å². The monoisotopic (exact) mass is 191 g/mol. The van der Waals surface area contributed by atoms with Crippen LogP contribution < -0.4 is 5.32 Å². The number of hydrogen-bond acceptors (Lipinski definition) is 1. The Balaban J connectivity index is 2.44. The van der Waals surface area contributed by atoms with Gasteiger partial charge in [-0.3, -0.25) is 0 Å². The SMILES string of the molecule is C#CC1(C)C[C@]2(C)N[C@@H]1C(C)C2(C)C. The summed E-state index contributed by atoms with van der Waals surface area (Å²) in [6.45, 7) is 11.6. The van der Waals surface area contributed by atoms with Gasteiger partial charge in [0.25, 0.3) is 0 Å². The Morgan fingerprint density at radius 3 is 2.21 bits per heavy atom. The van der Waals surface area contributed by atoms with Gasteiger partial charge < -0.3 is 5.32 Å². The second-order valence-corrected chi connectivity index (χ2v) is 6.20. The molecule has 2 fully saturated rings. The van der Waals surface area contributed by atoms with Crippen molar-refractivity contribution in [2.24, 2.45) is 16.7 Å². The molecular weight excluding hydrogens is 170 g/mol. The number of rotatable bonds is 0. The fourth-order valence-corrected chi connectivity index (χ4v) is 3.55. The molecule has 2 heterocycles. The normalized spacial score (nSPS) is 54.6. The number of terminal acetylenes is 1. The van der Waals surface area contributed by atoms with Crippen molar-refractivity contribution in [2.45, 2.75) is 52.6 Å². The van der Waals surface area contributed by atoms with Crippen molar-refractivity contribution in [1.29, 1.82) is 0 Å². The van der Waals surface area contributed by atoms with Crippen LogP contribution in [0.4, 0.5) is 0 Å². The molecule has 0 aromatic carbocycles. The lowest BCUT2D eigenvalue weighted by Crippen LogP contribution is -2.48. The van der Waals surface area contributed by atoms with Crippen molar-refractivity contribution in [3.8, 4) is 12.3 Å². The minimum Gasteiger partial charge on any atom is -0.306 e. The zero-order valence-electron chi connectivity index (χ0n) is 9.94. The summed E-state index contributed by atoms with van der Waals surface area (Å²) in [6, 6.07) is 0.493. The molecule has 14 heavy (non-hydrogen) atoms. The summed E-state index contributed by atoms with van der Waals surface area (Å²) in [5, 5.41) is 3.74. The Morgan fingerprint density at radius 1 is 1.29 bits per heavy atom. The van der Waals surface area contributed by atoms with Gasteiger partial charge in [-0.15, -0.1) is 6.42 Å². The summed E-state index contributed by atoms with van der Waals surface area (Å²) in [5.74, 6) is 3.66. The van der Waals surface area contributed by atoms with Crippen LogP contribution in [0.1, 0.15) is 41.0 Å². The maximum Gasteiger partial charge on any atom is 0.0457 e. The lowest BCUT2D eigenvalue weighted by Gasteiger charge is -2.46.